The Bertz CT molecular complexity index is 682. The lowest BCUT2D eigenvalue weighted by Crippen LogP contribution is -2.54. The second-order valence-electron chi connectivity index (χ2n) is 12.2. The molecule has 0 radical (unpaired) electrons. The zero-order valence-electron chi connectivity index (χ0n) is 20.0. The van der Waals surface area contributed by atoms with Crippen LogP contribution in [0.4, 0.5) is 0 Å². The summed E-state index contributed by atoms with van der Waals surface area (Å²) in [5.74, 6) is 4.65. The predicted molar refractivity (Wildman–Crippen MR) is 121 cm³/mol. The van der Waals surface area contributed by atoms with Crippen molar-refractivity contribution in [3.63, 3.8) is 0 Å². The molecule has 4 rings (SSSR count). The molecule has 4 aliphatic rings. The normalized spacial score (nSPS) is 44.3. The maximum Gasteiger partial charge on any atom is 0.155 e. The molecule has 0 amide bonds. The molecule has 0 aromatic heterocycles. The van der Waals surface area contributed by atoms with Crippen LogP contribution in [0.5, 0.6) is 0 Å². The first-order chi connectivity index (χ1) is 14.2. The van der Waals surface area contributed by atoms with E-state index in [2.05, 4.69) is 34.6 Å². The molecule has 170 valence electrons. The fourth-order valence-electron chi connectivity index (χ4n) is 8.70. The first-order valence-electron chi connectivity index (χ1n) is 12.8. The Morgan fingerprint density at radius 1 is 1.10 bits per heavy atom. The molecule has 1 N–H and O–H groups in total. The summed E-state index contributed by atoms with van der Waals surface area (Å²) in [6.07, 6.45) is 13.4. The molecule has 0 heterocycles. The summed E-state index contributed by atoms with van der Waals surface area (Å²) < 4.78 is 0. The maximum atomic E-state index is 12.1. The Morgan fingerprint density at radius 3 is 2.57 bits per heavy atom. The van der Waals surface area contributed by atoms with Crippen molar-refractivity contribution in [3.05, 3.63) is 11.6 Å². The number of carbonyl (C=O) groups is 1. The lowest BCUT2D eigenvalue weighted by atomic mass is 9.46. The van der Waals surface area contributed by atoms with Gasteiger partial charge in [0, 0.05) is 6.42 Å². The average molecular weight is 417 g/mol. The van der Waals surface area contributed by atoms with Crippen molar-refractivity contribution in [3.8, 4) is 0 Å². The van der Waals surface area contributed by atoms with E-state index in [1.54, 1.807) is 0 Å². The third kappa shape index (κ3) is 3.62. The number of rotatable bonds is 6. The molecule has 3 fully saturated rings. The van der Waals surface area contributed by atoms with Crippen molar-refractivity contribution in [1.82, 2.24) is 0 Å². The molecule has 0 aromatic carbocycles. The van der Waals surface area contributed by atoms with Crippen LogP contribution in [0.25, 0.3) is 0 Å². The van der Waals surface area contributed by atoms with Crippen molar-refractivity contribution in [2.75, 3.05) is 0 Å². The van der Waals surface area contributed by atoms with E-state index in [1.807, 2.05) is 6.08 Å². The van der Waals surface area contributed by atoms with Gasteiger partial charge in [-0.15, -0.1) is 0 Å². The van der Waals surface area contributed by atoms with Gasteiger partial charge in [0.05, 0.1) is 0 Å². The highest BCUT2D eigenvalue weighted by atomic mass is 17.1. The SMILES string of the molecule is CC(C)CCC[C@@H](C)[C@H]1CC[C@H]2[C@@H]3CC(OO)C4=CC(=O)CC[C@]4(C)[C@H]3CC[C@]12C. The third-order valence-electron chi connectivity index (χ3n) is 10.3. The third-order valence-corrected chi connectivity index (χ3v) is 10.3. The lowest BCUT2D eigenvalue weighted by Gasteiger charge is -2.59. The molecule has 3 saturated carbocycles. The van der Waals surface area contributed by atoms with Gasteiger partial charge in [0.25, 0.3) is 0 Å². The molecule has 8 atom stereocenters. The lowest BCUT2D eigenvalue weighted by molar-refractivity contribution is -0.285. The van der Waals surface area contributed by atoms with Crippen LogP contribution in [0.2, 0.25) is 0 Å². The summed E-state index contributed by atoms with van der Waals surface area (Å²) in [5, 5.41) is 9.76. The average Bonchev–Trinajstić information content (AvgIpc) is 3.05. The zero-order valence-corrected chi connectivity index (χ0v) is 20.0. The summed E-state index contributed by atoms with van der Waals surface area (Å²) in [6.45, 7) is 12.1. The minimum absolute atomic E-state index is 0.0204. The van der Waals surface area contributed by atoms with Gasteiger partial charge in [-0.3, -0.25) is 10.1 Å². The molecule has 0 aliphatic heterocycles. The van der Waals surface area contributed by atoms with Gasteiger partial charge in [0.1, 0.15) is 6.10 Å². The van der Waals surface area contributed by atoms with Gasteiger partial charge in [-0.05, 0) is 96.5 Å². The van der Waals surface area contributed by atoms with Crippen molar-refractivity contribution >= 4 is 5.78 Å². The Labute approximate surface area is 184 Å². The van der Waals surface area contributed by atoms with Crippen molar-refractivity contribution in [2.24, 2.45) is 46.3 Å². The highest BCUT2D eigenvalue weighted by Gasteiger charge is 2.61. The molecule has 0 aromatic rings. The van der Waals surface area contributed by atoms with Crippen LogP contribution < -0.4 is 0 Å². The molecular weight excluding hydrogens is 372 g/mol. The molecular formula is C27H44O3. The van der Waals surface area contributed by atoms with E-state index in [1.165, 1.54) is 44.9 Å². The van der Waals surface area contributed by atoms with E-state index in [0.29, 0.717) is 23.7 Å². The van der Waals surface area contributed by atoms with Gasteiger partial charge in [-0.25, -0.2) is 4.89 Å². The number of ketones is 1. The van der Waals surface area contributed by atoms with Crippen LogP contribution in [-0.4, -0.2) is 17.1 Å². The van der Waals surface area contributed by atoms with E-state index in [4.69, 9.17) is 4.89 Å². The summed E-state index contributed by atoms with van der Waals surface area (Å²) >= 11 is 0. The van der Waals surface area contributed by atoms with E-state index < -0.39 is 0 Å². The van der Waals surface area contributed by atoms with E-state index in [0.717, 1.165) is 42.1 Å². The molecule has 0 spiro atoms. The fourth-order valence-corrected chi connectivity index (χ4v) is 8.70. The molecule has 3 heteroatoms. The highest BCUT2D eigenvalue weighted by Crippen LogP contribution is 2.67. The molecule has 3 nitrogen and oxygen atoms in total. The van der Waals surface area contributed by atoms with Gasteiger partial charge in [0.2, 0.25) is 0 Å². The quantitative estimate of drug-likeness (QED) is 0.372. The topological polar surface area (TPSA) is 46.5 Å². The second kappa shape index (κ2) is 8.35. The van der Waals surface area contributed by atoms with Crippen molar-refractivity contribution in [2.45, 2.75) is 105 Å². The zero-order chi connectivity index (χ0) is 21.7. The van der Waals surface area contributed by atoms with E-state index in [-0.39, 0.29) is 17.3 Å². The molecule has 30 heavy (non-hydrogen) atoms. The van der Waals surface area contributed by atoms with E-state index in [9.17, 15) is 10.1 Å². The van der Waals surface area contributed by atoms with Crippen LogP contribution in [0.3, 0.4) is 0 Å². The van der Waals surface area contributed by atoms with Gasteiger partial charge < -0.3 is 0 Å². The van der Waals surface area contributed by atoms with Crippen LogP contribution in [-0.2, 0) is 9.68 Å². The van der Waals surface area contributed by atoms with Gasteiger partial charge in [-0.2, -0.15) is 0 Å². The number of hydrogen-bond acceptors (Lipinski definition) is 3. The summed E-state index contributed by atoms with van der Waals surface area (Å²) in [6, 6.07) is 0. The van der Waals surface area contributed by atoms with Crippen molar-refractivity contribution in [1.29, 1.82) is 0 Å². The fraction of sp³-hybridized carbons (Fsp3) is 0.889. The first kappa shape index (κ1) is 22.5. The number of carbonyl (C=O) groups excluding carboxylic acids is 1. The Kier molecular flexibility index (Phi) is 6.27. The minimum Gasteiger partial charge on any atom is -0.295 e. The van der Waals surface area contributed by atoms with Crippen LogP contribution in [0.15, 0.2) is 11.6 Å². The summed E-state index contributed by atoms with van der Waals surface area (Å²) in [7, 11) is 0. The Balaban J connectivity index is 1.55. The molecule has 4 aliphatic carbocycles. The Hall–Kier alpha value is -0.670. The van der Waals surface area contributed by atoms with Crippen LogP contribution in [0.1, 0.15) is 98.8 Å². The largest absolute Gasteiger partial charge is 0.295 e. The number of hydrogen-bond donors (Lipinski definition) is 1. The summed E-state index contributed by atoms with van der Waals surface area (Å²) in [4.78, 5) is 17.2. The first-order valence-corrected chi connectivity index (χ1v) is 12.8. The molecule has 1 unspecified atom stereocenters. The van der Waals surface area contributed by atoms with Gasteiger partial charge >= 0.3 is 0 Å². The molecule has 0 bridgehead atoms. The van der Waals surface area contributed by atoms with E-state index >= 15 is 0 Å². The second-order valence-corrected chi connectivity index (χ2v) is 12.2. The number of fused-ring (bicyclic) bond motifs is 5. The smallest absolute Gasteiger partial charge is 0.155 e. The maximum absolute atomic E-state index is 12.1. The Morgan fingerprint density at radius 2 is 1.87 bits per heavy atom. The highest BCUT2D eigenvalue weighted by molar-refractivity contribution is 5.91. The molecule has 0 saturated heterocycles. The van der Waals surface area contributed by atoms with Gasteiger partial charge in [0.15, 0.2) is 5.78 Å². The van der Waals surface area contributed by atoms with Crippen LogP contribution in [0, 0.1) is 46.3 Å². The standard InChI is InChI=1S/C27H44O3/c1-17(2)7-6-8-18(3)21-9-10-22-20-16-25(30-29)24-15-19(28)11-13-27(24,5)23(20)12-14-26(21,22)4/h15,17-18,20-23,25,29H,6-14,16H2,1-5H3/t18-,20+,21-,22+,23+,25?,26-,27-/m1/s1. The van der Waals surface area contributed by atoms with Crippen LogP contribution >= 0.6 is 0 Å². The predicted octanol–water partition coefficient (Wildman–Crippen LogP) is 7.07. The summed E-state index contributed by atoms with van der Waals surface area (Å²) in [5.41, 5.74) is 1.54. The minimum atomic E-state index is -0.287. The van der Waals surface area contributed by atoms with Crippen molar-refractivity contribution < 1.29 is 14.9 Å². The monoisotopic (exact) mass is 416 g/mol. The van der Waals surface area contributed by atoms with Gasteiger partial charge in [-0.1, -0.05) is 53.9 Å².